The van der Waals surface area contributed by atoms with Gasteiger partial charge in [-0.1, -0.05) is 319 Å². The standard InChI is InChI=1S/C64H54N4.C34H22.C30H21N5.H4NP/c1-47-15-11-23-61(43-47)67(62-24-12-16-48(2)44-62)59-39-35-57(36-40-59)65(53-19-7-5-8-20-53)55-31-27-51(28-32-55)52-29-33-56(34-30-52)66(54-21-9-6-10-22-54)58-37-41-60(42-38-58)68(63-25-13-17-49(3)45-63)64-26-14-18-50(4)46-64;1-3-11-25-21-27(19-17-23(25)9-1)33-29-13-5-7-15-31(29)34(32-16-8-6-14-30(32)33)28-20-18-24-10-2-4-12-26(24)22-28;1-2-11-22(12-3-1)35-27-16-8-9-17-34(27)28(29(35)30-32-19-31-20-33-30)26-18-21-10-4-5-13-23(21)24-14-6-7-15-25(24)26;1-2/h5-46H,1-4H3;1-22H;1-16,18-20H,17H2;1-2H2/i;;;2D/hTD. The fourth-order valence-electron chi connectivity index (χ4n) is 19.7. The van der Waals surface area contributed by atoms with Crippen molar-refractivity contribution in [1.82, 2.24) is 19.9 Å². The number of nitrogens with zero attached hydrogens (tertiary/aromatic N) is 9. The number of fused-ring (bicyclic) bond motifs is 8. The van der Waals surface area contributed by atoms with Crippen LogP contribution in [0.1, 0.15) is 33.6 Å². The van der Waals surface area contributed by atoms with Gasteiger partial charge in [0.1, 0.15) is 27.0 Å². The number of benzene rings is 21. The average Bonchev–Trinajstić information content (AvgIpc) is 1.40. The van der Waals surface area contributed by atoms with E-state index in [0.29, 0.717) is 11.3 Å². The zero-order valence-corrected chi connectivity index (χ0v) is 78.6. The van der Waals surface area contributed by atoms with E-state index in [2.05, 4.69) is 557 Å². The molecule has 0 amide bonds. The fourth-order valence-corrected chi connectivity index (χ4v) is 19.7. The maximum atomic E-state index is 6.24. The van der Waals surface area contributed by atoms with Gasteiger partial charge in [0.25, 0.3) is 0 Å². The molecule has 0 radical (unpaired) electrons. The van der Waals surface area contributed by atoms with E-state index in [4.69, 9.17) is 4.10 Å². The van der Waals surface area contributed by atoms with Gasteiger partial charge in [0.2, 0.25) is 0 Å². The molecule has 2 aliphatic heterocycles. The van der Waals surface area contributed by atoms with Crippen molar-refractivity contribution < 1.29 is 2.82 Å². The van der Waals surface area contributed by atoms with Crippen LogP contribution < -0.4 is 30.0 Å². The minimum absolute atomic E-state index is 0.319. The monoisotopic (exact) mass is 1810 g/mol. The van der Waals surface area contributed by atoms with Crippen LogP contribution in [0.25, 0.3) is 109 Å². The lowest BCUT2D eigenvalue weighted by molar-refractivity contribution is 0.547. The molecule has 22 aromatic rings. The van der Waals surface area contributed by atoms with E-state index in [9.17, 15) is 0 Å². The van der Waals surface area contributed by atoms with Gasteiger partial charge in [0.15, 0.2) is 5.82 Å². The smallest absolute Gasteiger partial charge is 0.181 e. The number of para-hydroxylation sites is 3. The Labute approximate surface area is 818 Å². The van der Waals surface area contributed by atoms with Gasteiger partial charge in [-0.15, -0.1) is 0 Å². The predicted molar refractivity (Wildman–Crippen MR) is 592 cm³/mol. The van der Waals surface area contributed by atoms with Crippen molar-refractivity contribution in [3.05, 3.63) is 544 Å². The first-order valence-electron chi connectivity index (χ1n) is 48.4. The summed E-state index contributed by atoms with van der Waals surface area (Å²) in [4.78, 5) is 27.3. The van der Waals surface area contributed by atoms with Crippen LogP contribution in [0.5, 0.6) is 0 Å². The molecule has 21 aromatic carbocycles. The van der Waals surface area contributed by atoms with Crippen molar-refractivity contribution in [1.29, 1.82) is 1.28 Å². The summed E-state index contributed by atoms with van der Waals surface area (Å²) in [5.41, 5.74) is 30.2. The van der Waals surface area contributed by atoms with Gasteiger partial charge >= 0.3 is 0 Å². The molecule has 1 unspecified atom stereocenters. The molecule has 0 saturated carbocycles. The summed E-state index contributed by atoms with van der Waals surface area (Å²) in [5.74, 6) is 1.73. The maximum Gasteiger partial charge on any atom is 0.181 e. The summed E-state index contributed by atoms with van der Waals surface area (Å²) in [6.45, 7) is 9.35. The van der Waals surface area contributed by atoms with Gasteiger partial charge in [-0.3, -0.25) is 4.90 Å². The van der Waals surface area contributed by atoms with E-state index in [-0.39, 0.29) is 0 Å². The van der Waals surface area contributed by atoms with Crippen LogP contribution in [-0.2, 0) is 0 Å². The Balaban J connectivity index is 0.000000134. The number of hydrogen-bond acceptors (Lipinski definition) is 10. The minimum Gasteiger partial charge on any atom is -0.321 e. The summed E-state index contributed by atoms with van der Waals surface area (Å²) in [5, 5.41) is 15.1. The van der Waals surface area contributed by atoms with Crippen LogP contribution >= 0.6 is 9.34 Å². The molecule has 2 aliphatic rings. The van der Waals surface area contributed by atoms with Crippen LogP contribution in [0.4, 0.5) is 73.9 Å². The molecule has 0 saturated heterocycles. The molecule has 1 atom stereocenters. The highest BCUT2D eigenvalue weighted by Gasteiger charge is 2.39. The molecule has 0 spiro atoms. The van der Waals surface area contributed by atoms with E-state index in [1.54, 1.807) is 12.7 Å². The molecule has 2 N–H and O–H groups in total. The Morgan fingerprint density at radius 1 is 0.295 bits per heavy atom. The zero-order chi connectivity index (χ0) is 96.4. The molecule has 1 aromatic heterocycles. The van der Waals surface area contributed by atoms with Crippen molar-refractivity contribution in [2.45, 2.75) is 27.7 Å². The Bertz CT molecular complexity index is 7900. The van der Waals surface area contributed by atoms with Crippen molar-refractivity contribution in [2.75, 3.05) is 31.0 Å². The summed E-state index contributed by atoms with van der Waals surface area (Å²) in [7, 11) is -0.469. The molecule has 24 rings (SSSR count). The third kappa shape index (κ3) is 18.2. The first-order chi connectivity index (χ1) is 69.9. The lowest BCUT2D eigenvalue weighted by Crippen LogP contribution is -2.27. The molecule has 10 nitrogen and oxygen atoms in total. The summed E-state index contributed by atoms with van der Waals surface area (Å²) < 4.78 is 18.5. The normalized spacial score (nSPS) is 12.4. The van der Waals surface area contributed by atoms with Crippen LogP contribution in [0.2, 0.25) is 2.82 Å². The Morgan fingerprint density at radius 3 is 1.01 bits per heavy atom. The number of aromatic nitrogens is 3. The number of anilines is 13. The molecular weight excluding hydrogens is 1710 g/mol. The molecule has 3 heterocycles. The van der Waals surface area contributed by atoms with Crippen molar-refractivity contribution in [3.8, 4) is 33.4 Å². The lowest BCUT2D eigenvalue weighted by atomic mass is 9.85. The van der Waals surface area contributed by atoms with E-state index < -0.39 is 9.34 Å². The zero-order valence-electron chi connectivity index (χ0n) is 80.6. The Kier molecular flexibility index (Phi) is 24.4. The van der Waals surface area contributed by atoms with Crippen LogP contribution in [0.15, 0.2) is 510 Å². The molecular formula is C128H101N10P. The largest absolute Gasteiger partial charge is 0.321 e. The SMILES string of the molecule is C1=CCN2C(=C1)N(c1ccccc1)C(c1ncncn1)=C2c1cc2ccccc2c2ccccc12.Cc1cccc(N(c2ccc(N(c3ccccc3)c3ccc(-c4ccc(N(c5ccccc5)c5ccc(N(c6cccc(C)c6)c6cccc(C)c6)cc5)cc4)cc3)cc2)c2cccc(C)c2)c1.[2H]PN([2H])[3H].c1ccc2cc(-c3c4ccccc4c(-c4ccc5ccccc5c4)c4ccccc34)ccc2c1. The third-order valence-electron chi connectivity index (χ3n) is 26.0. The fraction of sp³-hybridized carbons (Fsp3) is 0.0391. The lowest BCUT2D eigenvalue weighted by Gasteiger charge is -2.29. The van der Waals surface area contributed by atoms with Crippen LogP contribution in [-0.4, -0.2) is 27.7 Å². The minimum atomic E-state index is -0.469. The molecule has 0 aliphatic carbocycles. The van der Waals surface area contributed by atoms with Crippen molar-refractivity contribution in [3.63, 3.8) is 0 Å². The van der Waals surface area contributed by atoms with E-state index in [1.165, 1.54) is 109 Å². The summed E-state index contributed by atoms with van der Waals surface area (Å²) in [6, 6.07) is 170. The number of aryl methyl sites for hydroxylation is 4. The highest BCUT2D eigenvalue weighted by molar-refractivity contribution is 7.13. The number of rotatable bonds is 19. The van der Waals surface area contributed by atoms with Crippen molar-refractivity contribution >= 4 is 159 Å². The van der Waals surface area contributed by atoms with E-state index >= 15 is 0 Å². The van der Waals surface area contributed by atoms with Crippen LogP contribution in [0, 0.1) is 27.7 Å². The van der Waals surface area contributed by atoms with Gasteiger partial charge in [-0.2, -0.15) is 0 Å². The summed E-state index contributed by atoms with van der Waals surface area (Å²) >= 11 is 0. The molecule has 11 heteroatoms. The predicted octanol–water partition coefficient (Wildman–Crippen LogP) is 34.1. The summed E-state index contributed by atoms with van der Waals surface area (Å²) in [6.07, 6.45) is 9.60. The quantitative estimate of drug-likeness (QED) is 0.0480. The Hall–Kier alpha value is -17.4. The molecule has 0 bridgehead atoms. The highest BCUT2D eigenvalue weighted by Crippen LogP contribution is 2.51. The first kappa shape index (κ1) is 84.6. The second-order valence-corrected chi connectivity index (χ2v) is 35.0. The maximum absolute atomic E-state index is 6.24. The topological polar surface area (TPSA) is 84.1 Å². The van der Waals surface area contributed by atoms with E-state index in [1.807, 2.05) is 6.07 Å². The number of allylic oxidation sites excluding steroid dienone is 2. The van der Waals surface area contributed by atoms with Gasteiger partial charge in [0, 0.05) is 86.0 Å². The molecule has 668 valence electrons. The highest BCUT2D eigenvalue weighted by atomic mass is 31.0. The Morgan fingerprint density at radius 2 is 0.612 bits per heavy atom. The van der Waals surface area contributed by atoms with Crippen molar-refractivity contribution in [2.24, 2.45) is 5.49 Å². The van der Waals surface area contributed by atoms with Gasteiger partial charge in [-0.05, 0) is 330 Å². The average molecular weight is 1810 g/mol. The second-order valence-electron chi connectivity index (χ2n) is 35.0. The van der Waals surface area contributed by atoms with Gasteiger partial charge in [0.05, 0.1) is 6.98 Å². The van der Waals surface area contributed by atoms with E-state index in [0.717, 1.165) is 114 Å². The molecule has 0 fully saturated rings. The third-order valence-corrected chi connectivity index (χ3v) is 26.0. The second kappa shape index (κ2) is 40.0. The number of hydrogen-bond donors (Lipinski definition) is 1. The van der Waals surface area contributed by atoms with Crippen LogP contribution in [0.3, 0.4) is 0 Å². The molecule has 139 heavy (non-hydrogen) atoms. The van der Waals surface area contributed by atoms with Gasteiger partial charge in [-0.25, -0.2) is 15.0 Å². The first-order valence-corrected chi connectivity index (χ1v) is 47.5. The number of nitrogens with two attached hydrogens (primary N) is 1. The van der Waals surface area contributed by atoms with Gasteiger partial charge < -0.3 is 30.0 Å².